The van der Waals surface area contributed by atoms with Crippen LogP contribution in [-0.4, -0.2) is 23.4 Å². The van der Waals surface area contributed by atoms with Gasteiger partial charge >= 0.3 is 0 Å². The Morgan fingerprint density at radius 2 is 1.62 bits per heavy atom. The van der Waals surface area contributed by atoms with E-state index in [1.807, 2.05) is 31.2 Å². The Morgan fingerprint density at radius 3 is 2.38 bits per heavy atom. The molecule has 1 N–H and O–H groups in total. The number of para-hydroxylation sites is 2. The Morgan fingerprint density at radius 1 is 0.906 bits per heavy atom. The molecule has 5 rings (SSSR count). The summed E-state index contributed by atoms with van der Waals surface area (Å²) in [5.74, 6) is -0.436. The van der Waals surface area contributed by atoms with Crippen molar-refractivity contribution in [1.29, 1.82) is 0 Å². The molecular weight excluding hydrogens is 449 g/mol. The van der Waals surface area contributed by atoms with Crippen LogP contribution in [0.4, 0.5) is 21.7 Å². The standard InChI is InChI=1S/C22H15FN5O2S2/c1-13-24-19-11-8-15(12-20(19)31-13)25-21-22(27-18-5-3-2-4-17(18)26-21)28-32(29,30)16-9-6-14(23)7-10-16/h2-12H,1H3,(H-,25,26,27,28)/q-1. The maximum absolute atomic E-state index is 13.2. The number of hydrogen-bond acceptors (Lipinski definition) is 7. The Bertz CT molecular complexity index is 1570. The minimum Gasteiger partial charge on any atom is -0.431 e. The Labute approximate surface area is 187 Å². The summed E-state index contributed by atoms with van der Waals surface area (Å²) in [5.41, 5.74) is 2.66. The van der Waals surface area contributed by atoms with Gasteiger partial charge < -0.3 is 15.0 Å². The number of hydrogen-bond donors (Lipinski definition) is 1. The maximum Gasteiger partial charge on any atom is 0.202 e. The predicted octanol–water partition coefficient (Wildman–Crippen LogP) is 5.82. The zero-order valence-electron chi connectivity index (χ0n) is 16.7. The molecule has 2 aromatic heterocycles. The number of halogens is 1. The molecule has 0 aliphatic carbocycles. The predicted molar refractivity (Wildman–Crippen MR) is 124 cm³/mol. The van der Waals surface area contributed by atoms with Gasteiger partial charge in [0.1, 0.15) is 11.6 Å². The average Bonchev–Trinajstić information content (AvgIpc) is 3.13. The molecule has 10 heteroatoms. The lowest BCUT2D eigenvalue weighted by molar-refractivity contribution is 0.601. The van der Waals surface area contributed by atoms with Gasteiger partial charge in [0.25, 0.3) is 0 Å². The van der Waals surface area contributed by atoms with Gasteiger partial charge in [-0.1, -0.05) is 18.2 Å². The molecule has 0 aliphatic heterocycles. The van der Waals surface area contributed by atoms with Gasteiger partial charge in [0.2, 0.25) is 10.0 Å². The molecule has 0 amide bonds. The summed E-state index contributed by atoms with van der Waals surface area (Å²) in [4.78, 5) is 13.3. The van der Waals surface area contributed by atoms with Crippen LogP contribution in [0.15, 0.2) is 71.6 Å². The number of aromatic nitrogens is 3. The smallest absolute Gasteiger partial charge is 0.202 e. The van der Waals surface area contributed by atoms with Crippen molar-refractivity contribution in [3.63, 3.8) is 0 Å². The number of sulfonamides is 1. The Kier molecular flexibility index (Phi) is 4.95. The lowest BCUT2D eigenvalue weighted by Gasteiger charge is -2.21. The number of rotatable bonds is 5. The molecule has 160 valence electrons. The lowest BCUT2D eigenvalue weighted by Crippen LogP contribution is -2.02. The molecular formula is C22H15FN5O2S2-. The first-order valence-electron chi connectivity index (χ1n) is 9.52. The molecule has 0 radical (unpaired) electrons. The van der Waals surface area contributed by atoms with Gasteiger partial charge in [0.15, 0.2) is 0 Å². The fourth-order valence-corrected chi connectivity index (χ4v) is 4.97. The summed E-state index contributed by atoms with van der Waals surface area (Å²) < 4.78 is 43.8. The summed E-state index contributed by atoms with van der Waals surface area (Å²) in [6.07, 6.45) is 0. The Balaban J connectivity index is 1.57. The van der Waals surface area contributed by atoms with Crippen LogP contribution in [-0.2, 0) is 10.0 Å². The number of benzene rings is 3. The second kappa shape index (κ2) is 7.81. The molecule has 3 aromatic carbocycles. The van der Waals surface area contributed by atoms with E-state index >= 15 is 0 Å². The summed E-state index contributed by atoms with van der Waals surface area (Å²) in [6.45, 7) is 1.93. The van der Waals surface area contributed by atoms with E-state index < -0.39 is 15.8 Å². The maximum atomic E-state index is 13.2. The van der Waals surface area contributed by atoms with E-state index in [1.165, 1.54) is 0 Å². The highest BCUT2D eigenvalue weighted by Crippen LogP contribution is 2.35. The van der Waals surface area contributed by atoms with E-state index in [4.69, 9.17) is 0 Å². The Hall–Kier alpha value is -3.63. The monoisotopic (exact) mass is 464 g/mol. The highest BCUT2D eigenvalue weighted by molar-refractivity contribution is 7.94. The molecule has 0 aliphatic rings. The van der Waals surface area contributed by atoms with Crippen LogP contribution in [0.25, 0.3) is 26.0 Å². The SMILES string of the molecule is Cc1nc2ccc(Nc3nc4ccccc4nc3[N-]S(=O)(=O)c3ccc(F)cc3)cc2s1. The minimum atomic E-state index is -4.14. The number of anilines is 2. The van der Waals surface area contributed by atoms with Crippen molar-refractivity contribution >= 4 is 59.9 Å². The number of aryl methyl sites for hydroxylation is 1. The van der Waals surface area contributed by atoms with Gasteiger partial charge in [-0.15, -0.1) is 11.3 Å². The highest BCUT2D eigenvalue weighted by Gasteiger charge is 2.13. The van der Waals surface area contributed by atoms with E-state index in [-0.39, 0.29) is 16.5 Å². The van der Waals surface area contributed by atoms with Crippen LogP contribution in [0.3, 0.4) is 0 Å². The fraction of sp³-hybridized carbons (Fsp3) is 0.0455. The van der Waals surface area contributed by atoms with E-state index in [9.17, 15) is 12.8 Å². The second-order valence-electron chi connectivity index (χ2n) is 6.95. The van der Waals surface area contributed by atoms with Gasteiger partial charge in [0, 0.05) is 5.69 Å². The topological polar surface area (TPSA) is 98.9 Å². The first kappa shape index (κ1) is 20.3. The molecule has 0 saturated carbocycles. The summed E-state index contributed by atoms with van der Waals surface area (Å²) >= 11 is 1.55. The van der Waals surface area contributed by atoms with Crippen LogP contribution >= 0.6 is 11.3 Å². The molecule has 0 saturated heterocycles. The summed E-state index contributed by atoms with van der Waals surface area (Å²) in [7, 11) is -4.14. The molecule has 2 heterocycles. The molecule has 0 unspecified atom stereocenters. The van der Waals surface area contributed by atoms with Crippen LogP contribution in [0, 0.1) is 12.7 Å². The number of nitrogens with one attached hydrogen (secondary N) is 1. The molecule has 7 nitrogen and oxygen atoms in total. The van der Waals surface area contributed by atoms with E-state index in [0.29, 0.717) is 16.7 Å². The first-order chi connectivity index (χ1) is 15.4. The zero-order chi connectivity index (χ0) is 22.3. The minimum absolute atomic E-state index is 0.0893. The second-order valence-corrected chi connectivity index (χ2v) is 9.78. The van der Waals surface area contributed by atoms with Gasteiger partial charge in [-0.2, -0.15) is 0 Å². The number of nitrogens with zero attached hydrogens (tertiary/aromatic N) is 4. The molecule has 5 aromatic rings. The van der Waals surface area contributed by atoms with Gasteiger partial charge in [-0.05, 0) is 66.8 Å². The van der Waals surface area contributed by atoms with Crippen molar-refractivity contribution in [2.24, 2.45) is 0 Å². The van der Waals surface area contributed by atoms with Crippen molar-refractivity contribution in [1.82, 2.24) is 15.0 Å². The van der Waals surface area contributed by atoms with Gasteiger partial charge in [0.05, 0.1) is 25.6 Å². The molecule has 0 fully saturated rings. The molecule has 0 bridgehead atoms. The first-order valence-corrected chi connectivity index (χ1v) is 11.8. The molecule has 32 heavy (non-hydrogen) atoms. The quantitative estimate of drug-likeness (QED) is 0.352. The van der Waals surface area contributed by atoms with Gasteiger partial charge in [-0.3, -0.25) is 0 Å². The lowest BCUT2D eigenvalue weighted by atomic mass is 10.3. The average molecular weight is 465 g/mol. The number of thiazole rings is 1. The van der Waals surface area contributed by atoms with Crippen molar-refractivity contribution in [2.75, 3.05) is 5.32 Å². The van der Waals surface area contributed by atoms with Gasteiger partial charge in [-0.25, -0.2) is 22.8 Å². The van der Waals surface area contributed by atoms with Crippen LogP contribution < -0.4 is 5.32 Å². The van der Waals surface area contributed by atoms with E-state index in [1.54, 1.807) is 29.5 Å². The van der Waals surface area contributed by atoms with Crippen molar-refractivity contribution in [3.05, 3.63) is 82.3 Å². The molecule has 0 spiro atoms. The highest BCUT2D eigenvalue weighted by atomic mass is 32.2. The summed E-state index contributed by atoms with van der Waals surface area (Å²) in [6, 6.07) is 17.2. The van der Waals surface area contributed by atoms with E-state index in [0.717, 1.165) is 39.5 Å². The zero-order valence-corrected chi connectivity index (χ0v) is 18.3. The van der Waals surface area contributed by atoms with Crippen molar-refractivity contribution in [2.45, 2.75) is 11.8 Å². The third-order valence-corrected chi connectivity index (χ3v) is 6.84. The third-order valence-electron chi connectivity index (χ3n) is 4.63. The van der Waals surface area contributed by atoms with E-state index in [2.05, 4.69) is 25.0 Å². The summed E-state index contributed by atoms with van der Waals surface area (Å²) in [5, 5.41) is 4.08. The van der Waals surface area contributed by atoms with Crippen LogP contribution in [0.2, 0.25) is 0 Å². The normalized spacial score (nSPS) is 11.7. The fourth-order valence-electron chi connectivity index (χ4n) is 3.17. The number of fused-ring (bicyclic) bond motifs is 2. The largest absolute Gasteiger partial charge is 0.431 e. The van der Waals surface area contributed by atoms with Crippen molar-refractivity contribution in [3.8, 4) is 0 Å². The third kappa shape index (κ3) is 3.97. The van der Waals surface area contributed by atoms with Crippen molar-refractivity contribution < 1.29 is 12.8 Å². The van der Waals surface area contributed by atoms with Crippen LogP contribution in [0.1, 0.15) is 5.01 Å². The van der Waals surface area contributed by atoms with Crippen LogP contribution in [0.5, 0.6) is 0 Å². The molecule has 0 atom stereocenters.